The number of anilines is 3. The molecule has 2 N–H and O–H groups in total. The topological polar surface area (TPSA) is 44.7 Å². The fraction of sp³-hybridized carbons (Fsp3) is 0.182. The molecule has 1 aliphatic heterocycles. The first-order chi connectivity index (χ1) is 12.8. The van der Waals surface area contributed by atoms with Crippen molar-refractivity contribution in [2.24, 2.45) is 0 Å². The van der Waals surface area contributed by atoms with Gasteiger partial charge in [-0.2, -0.15) is 0 Å². The Morgan fingerprint density at radius 2 is 1.92 bits per heavy atom. The summed E-state index contributed by atoms with van der Waals surface area (Å²) in [4.78, 5) is 2.26. The zero-order valence-electron chi connectivity index (χ0n) is 14.8. The van der Waals surface area contributed by atoms with Gasteiger partial charge in [0.25, 0.3) is 0 Å². The van der Waals surface area contributed by atoms with E-state index in [9.17, 15) is 0 Å². The lowest BCUT2D eigenvalue weighted by Crippen LogP contribution is -2.16. The number of aliphatic hydroxyl groups excluding tert-OH is 1. The Morgan fingerprint density at radius 3 is 2.77 bits per heavy atom. The van der Waals surface area contributed by atoms with Crippen LogP contribution in [0.3, 0.4) is 0 Å². The van der Waals surface area contributed by atoms with Gasteiger partial charge in [-0.15, -0.1) is 0 Å². The molecule has 0 spiro atoms. The molecule has 0 unspecified atom stereocenters. The van der Waals surface area contributed by atoms with E-state index in [1.807, 2.05) is 18.2 Å². The van der Waals surface area contributed by atoms with Gasteiger partial charge in [0.2, 0.25) is 0 Å². The van der Waals surface area contributed by atoms with Gasteiger partial charge in [-0.1, -0.05) is 36.4 Å². The lowest BCUT2D eigenvalue weighted by Gasteiger charge is -2.19. The summed E-state index contributed by atoms with van der Waals surface area (Å²) in [6.07, 6.45) is 0.679. The second-order valence-electron chi connectivity index (χ2n) is 6.34. The Labute approximate surface area is 153 Å². The van der Waals surface area contributed by atoms with Gasteiger partial charge < -0.3 is 20.1 Å². The van der Waals surface area contributed by atoms with Crippen LogP contribution < -0.4 is 15.0 Å². The first-order valence-corrected chi connectivity index (χ1v) is 8.79. The van der Waals surface area contributed by atoms with Crippen molar-refractivity contribution >= 4 is 17.1 Å². The predicted molar refractivity (Wildman–Crippen MR) is 106 cm³/mol. The van der Waals surface area contributed by atoms with Gasteiger partial charge in [0.1, 0.15) is 5.75 Å². The van der Waals surface area contributed by atoms with E-state index in [-0.39, 0.29) is 6.61 Å². The van der Waals surface area contributed by atoms with Gasteiger partial charge >= 0.3 is 0 Å². The van der Waals surface area contributed by atoms with Crippen LogP contribution in [-0.2, 0) is 6.42 Å². The third-order valence-electron chi connectivity index (χ3n) is 4.76. The molecule has 0 bridgehead atoms. The highest BCUT2D eigenvalue weighted by Crippen LogP contribution is 2.39. The van der Waals surface area contributed by atoms with E-state index in [0.717, 1.165) is 46.2 Å². The molecule has 0 atom stereocenters. The van der Waals surface area contributed by atoms with Crippen molar-refractivity contribution in [2.45, 2.75) is 6.42 Å². The summed E-state index contributed by atoms with van der Waals surface area (Å²) in [7, 11) is 1.70. The number of para-hydroxylation sites is 1. The molecule has 3 aromatic carbocycles. The third kappa shape index (κ3) is 3.00. The molecular formula is C22H22N2O2. The first-order valence-electron chi connectivity index (χ1n) is 8.79. The van der Waals surface area contributed by atoms with E-state index < -0.39 is 0 Å². The van der Waals surface area contributed by atoms with Crippen LogP contribution in [0.2, 0.25) is 0 Å². The minimum atomic E-state index is 0.170. The van der Waals surface area contributed by atoms with Crippen molar-refractivity contribution in [1.29, 1.82) is 0 Å². The Bertz CT molecular complexity index is 924. The zero-order valence-corrected chi connectivity index (χ0v) is 14.8. The SMILES string of the molecule is COc1ccccc1-c1cccc(N2CNc3cc(CCO)ccc32)c1. The maximum absolute atomic E-state index is 9.14. The Hall–Kier alpha value is -2.98. The minimum Gasteiger partial charge on any atom is -0.496 e. The molecule has 3 aromatic rings. The Kier molecular flexibility index (Phi) is 4.50. The zero-order chi connectivity index (χ0) is 17.9. The summed E-state index contributed by atoms with van der Waals surface area (Å²) >= 11 is 0. The van der Waals surface area contributed by atoms with Crippen molar-refractivity contribution in [2.75, 3.05) is 30.6 Å². The summed E-state index contributed by atoms with van der Waals surface area (Å²) in [5.74, 6) is 0.873. The molecule has 0 aromatic heterocycles. The fourth-order valence-corrected chi connectivity index (χ4v) is 3.45. The van der Waals surface area contributed by atoms with Crippen molar-refractivity contribution in [3.63, 3.8) is 0 Å². The molecule has 0 radical (unpaired) electrons. The molecule has 26 heavy (non-hydrogen) atoms. The van der Waals surface area contributed by atoms with Crippen LogP contribution in [0.25, 0.3) is 11.1 Å². The third-order valence-corrected chi connectivity index (χ3v) is 4.76. The number of methoxy groups -OCH3 is 1. The van der Waals surface area contributed by atoms with Crippen LogP contribution in [-0.4, -0.2) is 25.5 Å². The maximum atomic E-state index is 9.14. The molecule has 1 aliphatic rings. The number of benzene rings is 3. The average Bonchev–Trinajstić information content (AvgIpc) is 3.11. The van der Waals surface area contributed by atoms with Crippen LogP contribution >= 0.6 is 0 Å². The van der Waals surface area contributed by atoms with Gasteiger partial charge in [-0.05, 0) is 47.9 Å². The summed E-state index contributed by atoms with van der Waals surface area (Å²) in [5, 5.41) is 12.6. The normalized spacial score (nSPS) is 12.6. The van der Waals surface area contributed by atoms with Gasteiger partial charge in [0.15, 0.2) is 0 Å². The van der Waals surface area contributed by atoms with Crippen molar-refractivity contribution in [1.82, 2.24) is 0 Å². The van der Waals surface area contributed by atoms with Crippen molar-refractivity contribution in [3.05, 3.63) is 72.3 Å². The number of nitrogens with one attached hydrogen (secondary N) is 1. The molecule has 0 aliphatic carbocycles. The van der Waals surface area contributed by atoms with Gasteiger partial charge in [-0.3, -0.25) is 0 Å². The molecule has 132 valence electrons. The number of rotatable bonds is 5. The Balaban J connectivity index is 1.69. The van der Waals surface area contributed by atoms with Gasteiger partial charge in [0.05, 0.1) is 25.2 Å². The van der Waals surface area contributed by atoms with Crippen LogP contribution in [0.1, 0.15) is 5.56 Å². The lowest BCUT2D eigenvalue weighted by atomic mass is 10.0. The highest BCUT2D eigenvalue weighted by atomic mass is 16.5. The van der Waals surface area contributed by atoms with Crippen molar-refractivity contribution in [3.8, 4) is 16.9 Å². The molecular weight excluding hydrogens is 324 g/mol. The second-order valence-corrected chi connectivity index (χ2v) is 6.34. The second kappa shape index (κ2) is 7.10. The largest absolute Gasteiger partial charge is 0.496 e. The number of aliphatic hydroxyl groups is 1. The van der Waals surface area contributed by atoms with Crippen LogP contribution in [0.4, 0.5) is 17.1 Å². The lowest BCUT2D eigenvalue weighted by molar-refractivity contribution is 0.299. The molecule has 4 rings (SSSR count). The number of hydrogen-bond donors (Lipinski definition) is 2. The predicted octanol–water partition coefficient (Wildman–Crippen LogP) is 4.42. The van der Waals surface area contributed by atoms with Crippen LogP contribution in [0, 0.1) is 0 Å². The smallest absolute Gasteiger partial charge is 0.126 e. The van der Waals surface area contributed by atoms with Gasteiger partial charge in [0, 0.05) is 17.9 Å². The van der Waals surface area contributed by atoms with Crippen LogP contribution in [0.5, 0.6) is 5.75 Å². The minimum absolute atomic E-state index is 0.170. The summed E-state index contributed by atoms with van der Waals surface area (Å²) in [6.45, 7) is 0.900. The number of fused-ring (bicyclic) bond motifs is 1. The number of nitrogens with zero attached hydrogens (tertiary/aromatic N) is 1. The van der Waals surface area contributed by atoms with Crippen LogP contribution in [0.15, 0.2) is 66.7 Å². The monoisotopic (exact) mass is 346 g/mol. The van der Waals surface area contributed by atoms with E-state index in [1.54, 1.807) is 7.11 Å². The summed E-state index contributed by atoms with van der Waals surface area (Å²) < 4.78 is 5.51. The molecule has 4 nitrogen and oxygen atoms in total. The molecule has 1 heterocycles. The first kappa shape index (κ1) is 16.5. The average molecular weight is 346 g/mol. The van der Waals surface area contributed by atoms with E-state index in [0.29, 0.717) is 6.42 Å². The Morgan fingerprint density at radius 1 is 1.04 bits per heavy atom. The van der Waals surface area contributed by atoms with Gasteiger partial charge in [-0.25, -0.2) is 0 Å². The molecule has 4 heteroatoms. The summed E-state index contributed by atoms with van der Waals surface area (Å²) in [6, 6.07) is 22.9. The summed E-state index contributed by atoms with van der Waals surface area (Å²) in [5.41, 5.74) is 6.76. The maximum Gasteiger partial charge on any atom is 0.126 e. The van der Waals surface area contributed by atoms with E-state index in [1.165, 1.54) is 0 Å². The quantitative estimate of drug-likeness (QED) is 0.718. The molecule has 0 fully saturated rings. The van der Waals surface area contributed by atoms with E-state index >= 15 is 0 Å². The standard InChI is InChI=1S/C22H22N2O2/c1-26-22-8-3-2-7-19(22)17-5-4-6-18(14-17)24-15-23-20-13-16(11-12-25)9-10-21(20)24/h2-10,13-14,23,25H,11-12,15H2,1H3. The molecule has 0 saturated heterocycles. The molecule has 0 saturated carbocycles. The fourth-order valence-electron chi connectivity index (χ4n) is 3.45. The highest BCUT2D eigenvalue weighted by Gasteiger charge is 2.20. The van der Waals surface area contributed by atoms with E-state index in [4.69, 9.17) is 9.84 Å². The molecule has 0 amide bonds. The van der Waals surface area contributed by atoms with Crippen molar-refractivity contribution < 1.29 is 9.84 Å². The number of ether oxygens (including phenoxy) is 1. The van der Waals surface area contributed by atoms with E-state index in [2.05, 4.69) is 58.7 Å². The highest BCUT2D eigenvalue weighted by molar-refractivity contribution is 5.83. The number of hydrogen-bond acceptors (Lipinski definition) is 4.